The quantitative estimate of drug-likeness (QED) is 0.618. The van der Waals surface area contributed by atoms with Crippen LogP contribution in [0.25, 0.3) is 10.9 Å². The molecular weight excluding hydrogens is 352 g/mol. The van der Waals surface area contributed by atoms with E-state index in [9.17, 15) is 9.90 Å². The number of nitrogens with zero attached hydrogens (tertiary/aromatic N) is 1. The number of nitrogens with one attached hydrogen (secondary N) is 1. The van der Waals surface area contributed by atoms with Gasteiger partial charge in [0.2, 0.25) is 0 Å². The lowest BCUT2D eigenvalue weighted by molar-refractivity contribution is -0.148. The Bertz CT molecular complexity index is 916. The first-order valence-electron chi connectivity index (χ1n) is 10.2. The van der Waals surface area contributed by atoms with Gasteiger partial charge in [-0.2, -0.15) is 0 Å². The van der Waals surface area contributed by atoms with Gasteiger partial charge in [-0.25, -0.2) is 0 Å². The maximum absolute atomic E-state index is 13.0. The molecule has 1 aromatic carbocycles. The zero-order chi connectivity index (χ0) is 19.9. The number of aromatic nitrogens is 1. The minimum Gasteiger partial charge on any atom is -0.468 e. The fourth-order valence-electron chi connectivity index (χ4n) is 5.36. The van der Waals surface area contributed by atoms with E-state index in [1.54, 1.807) is 0 Å². The van der Waals surface area contributed by atoms with Crippen molar-refractivity contribution in [3.05, 3.63) is 47.2 Å². The summed E-state index contributed by atoms with van der Waals surface area (Å²) in [6, 6.07) is 8.63. The van der Waals surface area contributed by atoms with Crippen molar-refractivity contribution in [1.29, 1.82) is 0 Å². The van der Waals surface area contributed by atoms with Crippen LogP contribution in [-0.4, -0.2) is 53.8 Å². The smallest absolute Gasteiger partial charge is 0.317 e. The number of carbonyl (C=O) groups is 1. The monoisotopic (exact) mass is 382 g/mol. The van der Waals surface area contributed by atoms with Crippen molar-refractivity contribution in [3.8, 4) is 0 Å². The Labute approximate surface area is 166 Å². The molecule has 150 valence electrons. The van der Waals surface area contributed by atoms with Gasteiger partial charge < -0.3 is 14.8 Å². The number of aliphatic hydroxyl groups excluding tert-OH is 1. The lowest BCUT2D eigenvalue weighted by atomic mass is 9.73. The highest BCUT2D eigenvalue weighted by Crippen LogP contribution is 2.42. The molecule has 3 unspecified atom stereocenters. The van der Waals surface area contributed by atoms with Crippen LogP contribution in [0.4, 0.5) is 0 Å². The molecule has 1 fully saturated rings. The highest BCUT2D eigenvalue weighted by Gasteiger charge is 2.44. The number of hydrogen-bond donors (Lipinski definition) is 2. The van der Waals surface area contributed by atoms with Gasteiger partial charge in [0.25, 0.3) is 0 Å². The second kappa shape index (κ2) is 7.37. The minimum absolute atomic E-state index is 0.0676. The number of rotatable bonds is 2. The Kier molecular flexibility index (Phi) is 5.06. The van der Waals surface area contributed by atoms with Gasteiger partial charge in [0, 0.05) is 35.7 Å². The molecule has 0 radical (unpaired) electrons. The van der Waals surface area contributed by atoms with Crippen LogP contribution >= 0.6 is 0 Å². The number of fused-ring (bicyclic) bond motifs is 5. The molecule has 2 aromatic rings. The number of hydrogen-bond acceptors (Lipinski definition) is 4. The third-order valence-electron chi connectivity index (χ3n) is 6.80. The van der Waals surface area contributed by atoms with E-state index in [0.717, 1.165) is 43.6 Å². The van der Waals surface area contributed by atoms with E-state index in [0.29, 0.717) is 12.0 Å². The summed E-state index contributed by atoms with van der Waals surface area (Å²) in [5, 5.41) is 10.7. The second-order valence-electron chi connectivity index (χ2n) is 8.50. The predicted octanol–water partition coefficient (Wildman–Crippen LogP) is 3.17. The third-order valence-corrected chi connectivity index (χ3v) is 6.80. The van der Waals surface area contributed by atoms with Crippen LogP contribution in [0.1, 0.15) is 37.9 Å². The average Bonchev–Trinajstić information content (AvgIpc) is 3.08. The molecule has 28 heavy (non-hydrogen) atoms. The molecular formula is C23H30N2O3. The molecule has 1 saturated heterocycles. The molecule has 2 bridgehead atoms. The number of ether oxygens (including phenoxy) is 1. The molecule has 0 spiro atoms. The lowest BCUT2D eigenvalue weighted by Crippen LogP contribution is -2.46. The van der Waals surface area contributed by atoms with Gasteiger partial charge in [0.15, 0.2) is 0 Å². The summed E-state index contributed by atoms with van der Waals surface area (Å²) in [7, 11) is 1.48. The molecule has 0 amide bonds. The topological polar surface area (TPSA) is 65.6 Å². The number of benzene rings is 1. The summed E-state index contributed by atoms with van der Waals surface area (Å²) in [4.78, 5) is 19.1. The van der Waals surface area contributed by atoms with E-state index in [1.165, 1.54) is 23.6 Å². The molecule has 4 rings (SSSR count). The van der Waals surface area contributed by atoms with Crippen molar-refractivity contribution in [2.24, 2.45) is 5.92 Å². The molecule has 2 aliphatic rings. The predicted molar refractivity (Wildman–Crippen MR) is 110 cm³/mol. The van der Waals surface area contributed by atoms with Gasteiger partial charge >= 0.3 is 5.97 Å². The molecule has 2 aliphatic heterocycles. The minimum atomic E-state index is -0.714. The lowest BCUT2D eigenvalue weighted by Gasteiger charge is -2.41. The summed E-state index contributed by atoms with van der Waals surface area (Å²) < 4.78 is 5.29. The third kappa shape index (κ3) is 3.07. The van der Waals surface area contributed by atoms with Crippen molar-refractivity contribution < 1.29 is 14.6 Å². The van der Waals surface area contributed by atoms with Crippen molar-refractivity contribution >= 4 is 16.9 Å². The fraction of sp³-hybridized carbons (Fsp3) is 0.522. The molecule has 0 aliphatic carbocycles. The van der Waals surface area contributed by atoms with Gasteiger partial charge in [0.1, 0.15) is 5.41 Å². The fourth-order valence-corrected chi connectivity index (χ4v) is 5.36. The van der Waals surface area contributed by atoms with Crippen LogP contribution in [0, 0.1) is 5.92 Å². The average molecular weight is 383 g/mol. The second-order valence-corrected chi connectivity index (χ2v) is 8.50. The first-order chi connectivity index (χ1) is 13.5. The van der Waals surface area contributed by atoms with Crippen LogP contribution in [0.15, 0.2) is 35.9 Å². The molecule has 2 N–H and O–H groups in total. The normalized spacial score (nSPS) is 31.7. The Morgan fingerprint density at radius 3 is 2.96 bits per heavy atom. The van der Waals surface area contributed by atoms with Crippen LogP contribution in [-0.2, 0) is 21.4 Å². The van der Waals surface area contributed by atoms with Crippen molar-refractivity contribution in [2.45, 2.75) is 44.6 Å². The zero-order valence-corrected chi connectivity index (χ0v) is 17.0. The number of aromatic amines is 1. The molecule has 4 atom stereocenters. The van der Waals surface area contributed by atoms with Gasteiger partial charge in [0.05, 0.1) is 13.7 Å². The first-order valence-corrected chi connectivity index (χ1v) is 10.2. The summed E-state index contributed by atoms with van der Waals surface area (Å²) in [5.41, 5.74) is 3.89. The van der Waals surface area contributed by atoms with E-state index >= 15 is 0 Å². The van der Waals surface area contributed by atoms with Crippen molar-refractivity contribution in [1.82, 2.24) is 9.88 Å². The Morgan fingerprint density at radius 1 is 1.43 bits per heavy atom. The number of aliphatic hydroxyl groups is 1. The summed E-state index contributed by atoms with van der Waals surface area (Å²) in [6.07, 6.45) is 4.48. The largest absolute Gasteiger partial charge is 0.468 e. The van der Waals surface area contributed by atoms with E-state index < -0.39 is 5.41 Å². The van der Waals surface area contributed by atoms with Crippen molar-refractivity contribution in [2.75, 3.05) is 26.8 Å². The maximum atomic E-state index is 13.0. The standard InChI is InChI=1S/C23H30N2O3/c1-15-17(9-11-26)12-16-13-23(2,22(27)28-3)21-19(8-10-25(15)14-16)18-6-4-5-7-20(18)24-21/h4-7,9,15-16,24,26H,8,10-14H2,1-3H3/b17-9+/t15?,16?,23-/m0/s1. The number of para-hydroxylation sites is 1. The highest BCUT2D eigenvalue weighted by molar-refractivity contribution is 5.90. The number of methoxy groups -OCH3 is 1. The van der Waals surface area contributed by atoms with E-state index in [-0.39, 0.29) is 12.6 Å². The summed E-state index contributed by atoms with van der Waals surface area (Å²) >= 11 is 0. The molecule has 5 heteroatoms. The Morgan fingerprint density at radius 2 is 2.21 bits per heavy atom. The maximum Gasteiger partial charge on any atom is 0.317 e. The Hall–Kier alpha value is -2.11. The van der Waals surface area contributed by atoms with E-state index in [4.69, 9.17) is 4.74 Å². The van der Waals surface area contributed by atoms with Gasteiger partial charge in [-0.15, -0.1) is 0 Å². The highest BCUT2D eigenvalue weighted by atomic mass is 16.5. The van der Waals surface area contributed by atoms with Crippen LogP contribution < -0.4 is 0 Å². The molecule has 3 heterocycles. The summed E-state index contributed by atoms with van der Waals surface area (Å²) in [6.45, 7) is 6.23. The molecule has 1 aromatic heterocycles. The van der Waals surface area contributed by atoms with E-state index in [1.807, 2.05) is 19.1 Å². The van der Waals surface area contributed by atoms with Gasteiger partial charge in [-0.1, -0.05) is 29.8 Å². The zero-order valence-electron chi connectivity index (χ0n) is 17.0. The van der Waals surface area contributed by atoms with Crippen LogP contribution in [0.3, 0.4) is 0 Å². The van der Waals surface area contributed by atoms with E-state index in [2.05, 4.69) is 35.0 Å². The Balaban J connectivity index is 1.86. The van der Waals surface area contributed by atoms with Crippen LogP contribution in [0.2, 0.25) is 0 Å². The first kappa shape index (κ1) is 19.2. The number of carbonyl (C=O) groups excluding carboxylic acids is 1. The number of esters is 1. The van der Waals surface area contributed by atoms with Crippen LogP contribution in [0.5, 0.6) is 0 Å². The van der Waals surface area contributed by atoms with Crippen molar-refractivity contribution in [3.63, 3.8) is 0 Å². The number of H-pyrrole nitrogens is 1. The number of piperidine rings is 1. The van der Waals surface area contributed by atoms with Gasteiger partial charge in [-0.05, 0) is 50.7 Å². The molecule has 0 saturated carbocycles. The molecule has 5 nitrogen and oxygen atoms in total. The SMILES string of the molecule is COC(=O)[C@@]1(C)CC2C/C(=C\CO)C(C)N(CCc3c1[nH]c1ccccc31)C2. The summed E-state index contributed by atoms with van der Waals surface area (Å²) in [5.74, 6) is 0.163. The van der Waals surface area contributed by atoms with Gasteiger partial charge in [-0.3, -0.25) is 9.69 Å².